The lowest BCUT2D eigenvalue weighted by Crippen LogP contribution is -2.33. The summed E-state index contributed by atoms with van der Waals surface area (Å²) in [5, 5.41) is 11.8. The number of carbonyl (C=O) groups excluding carboxylic acids is 1. The molecule has 2 heterocycles. The van der Waals surface area contributed by atoms with Gasteiger partial charge in [0, 0.05) is 22.4 Å². The summed E-state index contributed by atoms with van der Waals surface area (Å²) in [6.45, 7) is 2.16. The van der Waals surface area contributed by atoms with E-state index in [1.54, 1.807) is 19.1 Å². The zero-order valence-electron chi connectivity index (χ0n) is 12.6. The molecule has 0 aliphatic heterocycles. The van der Waals surface area contributed by atoms with E-state index in [0.717, 1.165) is 4.88 Å². The van der Waals surface area contributed by atoms with Gasteiger partial charge in [-0.15, -0.1) is 11.3 Å². The van der Waals surface area contributed by atoms with Crippen LogP contribution in [0.25, 0.3) is 11.0 Å². The fourth-order valence-electron chi connectivity index (χ4n) is 2.52. The van der Waals surface area contributed by atoms with Gasteiger partial charge in [0.2, 0.25) is 0 Å². The van der Waals surface area contributed by atoms with Crippen molar-refractivity contribution in [3.8, 4) is 0 Å². The van der Waals surface area contributed by atoms with Gasteiger partial charge in [0.25, 0.3) is 5.91 Å². The Balaban J connectivity index is 1.96. The molecule has 0 bridgehead atoms. The van der Waals surface area contributed by atoms with Crippen LogP contribution >= 0.6 is 11.3 Å². The number of carbonyl (C=O) groups is 1. The van der Waals surface area contributed by atoms with Gasteiger partial charge in [-0.05, 0) is 24.4 Å². The van der Waals surface area contributed by atoms with Gasteiger partial charge < -0.3 is 14.4 Å². The van der Waals surface area contributed by atoms with Crippen LogP contribution in [0, 0.1) is 12.7 Å². The van der Waals surface area contributed by atoms with Gasteiger partial charge >= 0.3 is 0 Å². The van der Waals surface area contributed by atoms with Crippen LogP contribution < -0.4 is 0 Å². The van der Waals surface area contributed by atoms with Gasteiger partial charge in [0.05, 0.1) is 13.2 Å². The number of rotatable bonds is 5. The zero-order chi connectivity index (χ0) is 16.4. The summed E-state index contributed by atoms with van der Waals surface area (Å²) in [6.07, 6.45) is 0. The highest BCUT2D eigenvalue weighted by Crippen LogP contribution is 2.28. The van der Waals surface area contributed by atoms with Gasteiger partial charge in [0.1, 0.15) is 0 Å². The number of aryl methyl sites for hydroxylation is 1. The molecular weight excluding hydrogens is 317 g/mol. The Morgan fingerprint density at radius 1 is 1.35 bits per heavy atom. The van der Waals surface area contributed by atoms with Crippen LogP contribution in [0.4, 0.5) is 4.39 Å². The van der Waals surface area contributed by atoms with E-state index in [0.29, 0.717) is 17.5 Å². The first-order valence-electron chi connectivity index (χ1n) is 7.22. The monoisotopic (exact) mass is 333 g/mol. The van der Waals surface area contributed by atoms with Crippen LogP contribution in [-0.2, 0) is 6.54 Å². The summed E-state index contributed by atoms with van der Waals surface area (Å²) in [5.41, 5.74) is 0.701. The van der Waals surface area contributed by atoms with Crippen molar-refractivity contribution in [1.29, 1.82) is 0 Å². The van der Waals surface area contributed by atoms with Gasteiger partial charge in [-0.25, -0.2) is 4.39 Å². The van der Waals surface area contributed by atoms with Gasteiger partial charge in [-0.2, -0.15) is 0 Å². The SMILES string of the molecule is Cc1c(C(=O)N(CCO)Cc2cccs2)oc2c(F)cccc12. The lowest BCUT2D eigenvalue weighted by Gasteiger charge is -2.20. The van der Waals surface area contributed by atoms with Crippen molar-refractivity contribution in [2.75, 3.05) is 13.2 Å². The molecule has 23 heavy (non-hydrogen) atoms. The minimum Gasteiger partial charge on any atom is -0.448 e. The Bertz CT molecular complexity index is 826. The van der Waals surface area contributed by atoms with E-state index in [4.69, 9.17) is 4.42 Å². The Labute approximate surface area is 136 Å². The number of aliphatic hydroxyl groups excluding tert-OH is 1. The van der Waals surface area contributed by atoms with E-state index < -0.39 is 5.82 Å². The number of aliphatic hydroxyl groups is 1. The number of fused-ring (bicyclic) bond motifs is 1. The molecule has 6 heteroatoms. The number of nitrogens with zero attached hydrogens (tertiary/aromatic N) is 1. The molecule has 3 aromatic rings. The van der Waals surface area contributed by atoms with Crippen molar-refractivity contribution >= 4 is 28.2 Å². The molecule has 0 spiro atoms. The second-order valence-corrected chi connectivity index (χ2v) is 6.23. The van der Waals surface area contributed by atoms with Crippen LogP contribution in [0.15, 0.2) is 40.1 Å². The molecule has 0 fully saturated rings. The Kier molecular flexibility index (Phi) is 4.45. The predicted octanol–water partition coefficient (Wildman–Crippen LogP) is 3.58. The lowest BCUT2D eigenvalue weighted by molar-refractivity contribution is 0.0679. The van der Waals surface area contributed by atoms with Crippen molar-refractivity contribution in [2.24, 2.45) is 0 Å². The van der Waals surface area contributed by atoms with Crippen molar-refractivity contribution in [2.45, 2.75) is 13.5 Å². The average molecular weight is 333 g/mol. The maximum Gasteiger partial charge on any atom is 0.290 e. The first-order chi connectivity index (χ1) is 11.1. The molecule has 3 rings (SSSR count). The van der Waals surface area contributed by atoms with E-state index in [1.165, 1.54) is 22.3 Å². The molecule has 1 N–H and O–H groups in total. The molecule has 0 aliphatic carbocycles. The van der Waals surface area contributed by atoms with Crippen LogP contribution in [0.5, 0.6) is 0 Å². The molecule has 2 aromatic heterocycles. The lowest BCUT2D eigenvalue weighted by atomic mass is 10.1. The topological polar surface area (TPSA) is 53.7 Å². The van der Waals surface area contributed by atoms with Crippen LogP contribution in [-0.4, -0.2) is 29.1 Å². The Morgan fingerprint density at radius 3 is 2.83 bits per heavy atom. The van der Waals surface area contributed by atoms with Crippen LogP contribution in [0.1, 0.15) is 21.0 Å². The fourth-order valence-corrected chi connectivity index (χ4v) is 3.24. The van der Waals surface area contributed by atoms with Crippen LogP contribution in [0.3, 0.4) is 0 Å². The number of para-hydroxylation sites is 1. The molecule has 1 aromatic carbocycles. The Morgan fingerprint density at radius 2 is 2.17 bits per heavy atom. The van der Waals surface area contributed by atoms with E-state index in [-0.39, 0.29) is 30.4 Å². The average Bonchev–Trinajstić information content (AvgIpc) is 3.16. The number of thiophene rings is 1. The largest absolute Gasteiger partial charge is 0.448 e. The molecule has 0 saturated heterocycles. The third kappa shape index (κ3) is 3.00. The number of halogens is 1. The highest BCUT2D eigenvalue weighted by atomic mass is 32.1. The molecule has 0 unspecified atom stereocenters. The zero-order valence-corrected chi connectivity index (χ0v) is 13.4. The third-order valence-electron chi connectivity index (χ3n) is 3.69. The van der Waals surface area contributed by atoms with Gasteiger partial charge in [-0.1, -0.05) is 18.2 Å². The number of amides is 1. The molecular formula is C17H16FNO3S. The second kappa shape index (κ2) is 6.52. The standard InChI is InChI=1S/C17H16FNO3S/c1-11-13-5-2-6-14(18)16(13)22-15(11)17(21)19(7-8-20)10-12-4-3-9-23-12/h2-6,9,20H,7-8,10H2,1H3. The summed E-state index contributed by atoms with van der Waals surface area (Å²) in [5.74, 6) is -0.715. The number of benzene rings is 1. The second-order valence-electron chi connectivity index (χ2n) is 5.20. The van der Waals surface area contributed by atoms with Crippen LogP contribution in [0.2, 0.25) is 0 Å². The van der Waals surface area contributed by atoms with Gasteiger partial charge in [0.15, 0.2) is 17.2 Å². The van der Waals surface area contributed by atoms with E-state index >= 15 is 0 Å². The maximum absolute atomic E-state index is 13.8. The number of hydrogen-bond acceptors (Lipinski definition) is 4. The van der Waals surface area contributed by atoms with Crippen molar-refractivity contribution < 1.29 is 18.7 Å². The first-order valence-corrected chi connectivity index (χ1v) is 8.10. The minimum absolute atomic E-state index is 0.0911. The summed E-state index contributed by atoms with van der Waals surface area (Å²) in [7, 11) is 0. The minimum atomic E-state index is -0.489. The highest BCUT2D eigenvalue weighted by Gasteiger charge is 2.24. The molecule has 4 nitrogen and oxygen atoms in total. The van der Waals surface area contributed by atoms with E-state index in [1.807, 2.05) is 17.5 Å². The van der Waals surface area contributed by atoms with Gasteiger partial charge in [-0.3, -0.25) is 4.79 Å². The summed E-state index contributed by atoms with van der Waals surface area (Å²) < 4.78 is 19.3. The number of hydrogen-bond donors (Lipinski definition) is 1. The molecule has 120 valence electrons. The molecule has 1 amide bonds. The normalized spacial score (nSPS) is 11.1. The van der Waals surface area contributed by atoms with E-state index in [2.05, 4.69) is 0 Å². The quantitative estimate of drug-likeness (QED) is 0.776. The van der Waals surface area contributed by atoms with Crippen molar-refractivity contribution in [3.05, 3.63) is 57.7 Å². The first kappa shape index (κ1) is 15.7. The Hall–Kier alpha value is -2.18. The predicted molar refractivity (Wildman–Crippen MR) is 87.1 cm³/mol. The van der Waals surface area contributed by atoms with Crippen molar-refractivity contribution in [3.63, 3.8) is 0 Å². The third-order valence-corrected chi connectivity index (χ3v) is 4.56. The molecule has 0 aliphatic rings. The van der Waals surface area contributed by atoms with E-state index in [9.17, 15) is 14.3 Å². The fraction of sp³-hybridized carbons (Fsp3) is 0.235. The summed E-state index contributed by atoms with van der Waals surface area (Å²) >= 11 is 1.54. The molecule has 0 saturated carbocycles. The molecule has 0 atom stereocenters. The number of furan rings is 1. The summed E-state index contributed by atoms with van der Waals surface area (Å²) in [6, 6.07) is 8.45. The molecule has 0 radical (unpaired) electrons. The smallest absolute Gasteiger partial charge is 0.290 e. The maximum atomic E-state index is 13.8. The highest BCUT2D eigenvalue weighted by molar-refractivity contribution is 7.09. The summed E-state index contributed by atoms with van der Waals surface area (Å²) in [4.78, 5) is 15.3. The van der Waals surface area contributed by atoms with Crippen molar-refractivity contribution in [1.82, 2.24) is 4.90 Å².